The largest absolute Gasteiger partial charge is 0.339 e. The van der Waals surface area contributed by atoms with Crippen molar-refractivity contribution in [1.82, 2.24) is 10.2 Å². The maximum atomic E-state index is 13.8. The fraction of sp³-hybridized carbons (Fsp3) is 0.533. The van der Waals surface area contributed by atoms with Gasteiger partial charge in [-0.25, -0.2) is 4.39 Å². The molecule has 6 heteroatoms. The Bertz CT molecular complexity index is 464. The zero-order chi connectivity index (χ0) is 14.5. The highest BCUT2D eigenvalue weighted by molar-refractivity contribution is 6.31. The number of benzene rings is 1. The number of rotatable bonds is 5. The van der Waals surface area contributed by atoms with Crippen LogP contribution in [0.15, 0.2) is 18.2 Å². The van der Waals surface area contributed by atoms with Gasteiger partial charge in [0.1, 0.15) is 5.82 Å². The Labute approximate surface area is 136 Å². The van der Waals surface area contributed by atoms with E-state index in [2.05, 4.69) is 5.32 Å². The second kappa shape index (κ2) is 8.57. The van der Waals surface area contributed by atoms with E-state index in [-0.39, 0.29) is 30.2 Å². The van der Waals surface area contributed by atoms with Crippen LogP contribution in [0, 0.1) is 5.82 Å². The maximum Gasteiger partial charge on any atom is 0.224 e. The number of carbonyl (C=O) groups excluding carboxylic acids is 1. The van der Waals surface area contributed by atoms with Crippen LogP contribution in [0.25, 0.3) is 0 Å². The van der Waals surface area contributed by atoms with Crippen LogP contribution in [-0.4, -0.2) is 37.0 Å². The lowest BCUT2D eigenvalue weighted by molar-refractivity contribution is -0.131. The van der Waals surface area contributed by atoms with Crippen LogP contribution in [0.3, 0.4) is 0 Å². The first-order chi connectivity index (χ1) is 9.63. The minimum Gasteiger partial charge on any atom is -0.339 e. The molecule has 0 aromatic heterocycles. The van der Waals surface area contributed by atoms with Gasteiger partial charge in [-0.15, -0.1) is 12.4 Å². The summed E-state index contributed by atoms with van der Waals surface area (Å²) in [5.74, 6) is -0.152. The molecule has 21 heavy (non-hydrogen) atoms. The molecule has 1 aromatic carbocycles. The molecule has 1 fully saturated rings. The van der Waals surface area contributed by atoms with Gasteiger partial charge in [-0.2, -0.15) is 0 Å². The number of nitrogens with zero attached hydrogens (tertiary/aromatic N) is 1. The van der Waals surface area contributed by atoms with Crippen LogP contribution in [0.1, 0.15) is 24.8 Å². The van der Waals surface area contributed by atoms with Crippen LogP contribution in [-0.2, 0) is 11.2 Å². The lowest BCUT2D eigenvalue weighted by atomic mass is 10.0. The molecule has 0 bridgehead atoms. The second-order valence-corrected chi connectivity index (χ2v) is 5.55. The Kier molecular flexibility index (Phi) is 7.43. The van der Waals surface area contributed by atoms with Crippen molar-refractivity contribution < 1.29 is 9.18 Å². The van der Waals surface area contributed by atoms with E-state index >= 15 is 0 Å². The predicted molar refractivity (Wildman–Crippen MR) is 85.6 cm³/mol. The van der Waals surface area contributed by atoms with Gasteiger partial charge in [0.15, 0.2) is 0 Å². The van der Waals surface area contributed by atoms with Crippen molar-refractivity contribution in [2.75, 3.05) is 20.1 Å². The molecule has 2 rings (SSSR count). The topological polar surface area (TPSA) is 32.3 Å². The first-order valence-electron chi connectivity index (χ1n) is 7.00. The molecule has 1 amide bonds. The molecule has 0 spiro atoms. The third-order valence-corrected chi connectivity index (χ3v) is 4.14. The number of carbonyl (C=O) groups is 1. The zero-order valence-corrected chi connectivity index (χ0v) is 13.6. The molecule has 1 aliphatic heterocycles. The van der Waals surface area contributed by atoms with Gasteiger partial charge >= 0.3 is 0 Å². The number of hydrogen-bond acceptors (Lipinski definition) is 2. The monoisotopic (exact) mass is 334 g/mol. The van der Waals surface area contributed by atoms with Gasteiger partial charge < -0.3 is 10.2 Å². The molecular weight excluding hydrogens is 314 g/mol. The van der Waals surface area contributed by atoms with Crippen LogP contribution in [0.4, 0.5) is 4.39 Å². The summed E-state index contributed by atoms with van der Waals surface area (Å²) in [4.78, 5) is 14.0. The fourth-order valence-electron chi connectivity index (χ4n) is 2.71. The Morgan fingerprint density at radius 3 is 2.95 bits per heavy atom. The van der Waals surface area contributed by atoms with Gasteiger partial charge in [0.05, 0.1) is 0 Å². The number of halogens is 3. The number of hydrogen-bond donors (Lipinski definition) is 1. The van der Waals surface area contributed by atoms with E-state index < -0.39 is 0 Å². The van der Waals surface area contributed by atoms with E-state index in [0.29, 0.717) is 30.0 Å². The van der Waals surface area contributed by atoms with Crippen LogP contribution in [0.2, 0.25) is 5.02 Å². The summed E-state index contributed by atoms with van der Waals surface area (Å²) in [6.07, 6.45) is 2.87. The molecule has 0 radical (unpaired) electrons. The molecule has 1 N–H and O–H groups in total. The highest BCUT2D eigenvalue weighted by Gasteiger charge is 2.29. The summed E-state index contributed by atoms with van der Waals surface area (Å²) < 4.78 is 13.8. The van der Waals surface area contributed by atoms with E-state index in [4.69, 9.17) is 11.6 Å². The first kappa shape index (κ1) is 18.2. The Morgan fingerprint density at radius 2 is 2.29 bits per heavy atom. The van der Waals surface area contributed by atoms with Gasteiger partial charge in [0, 0.05) is 36.1 Å². The molecular formula is C15H21Cl2FN2O. The number of nitrogens with one attached hydrogen (secondary N) is 1. The van der Waals surface area contributed by atoms with Crippen molar-refractivity contribution in [2.45, 2.75) is 31.7 Å². The SMILES string of the molecule is CNCCC(=O)N1CCCC1Cc1c(F)cccc1Cl.Cl. The van der Waals surface area contributed by atoms with Gasteiger partial charge in [-0.1, -0.05) is 17.7 Å². The molecule has 1 saturated heterocycles. The van der Waals surface area contributed by atoms with Crippen LogP contribution >= 0.6 is 24.0 Å². The summed E-state index contributed by atoms with van der Waals surface area (Å²) in [7, 11) is 1.83. The minimum absolute atomic E-state index is 0. The van der Waals surface area contributed by atoms with Crippen molar-refractivity contribution in [1.29, 1.82) is 0 Å². The van der Waals surface area contributed by atoms with Crippen molar-refractivity contribution in [3.63, 3.8) is 0 Å². The molecule has 1 unspecified atom stereocenters. The summed E-state index contributed by atoms with van der Waals surface area (Å²) >= 11 is 6.07. The maximum absolute atomic E-state index is 13.8. The molecule has 1 atom stereocenters. The van der Waals surface area contributed by atoms with Crippen molar-refractivity contribution in [3.05, 3.63) is 34.6 Å². The molecule has 0 saturated carbocycles. The van der Waals surface area contributed by atoms with Crippen LogP contribution < -0.4 is 5.32 Å². The van der Waals surface area contributed by atoms with Gasteiger partial charge in [0.25, 0.3) is 0 Å². The minimum atomic E-state index is -0.285. The van der Waals surface area contributed by atoms with E-state index in [0.717, 1.165) is 19.4 Å². The third-order valence-electron chi connectivity index (χ3n) is 3.79. The van der Waals surface area contributed by atoms with Crippen molar-refractivity contribution in [2.24, 2.45) is 0 Å². The van der Waals surface area contributed by atoms with Crippen molar-refractivity contribution in [3.8, 4) is 0 Å². The van der Waals surface area contributed by atoms with Crippen molar-refractivity contribution >= 4 is 29.9 Å². The first-order valence-corrected chi connectivity index (χ1v) is 7.38. The Hall–Kier alpha value is -0.840. The Morgan fingerprint density at radius 1 is 1.52 bits per heavy atom. The number of amides is 1. The summed E-state index contributed by atoms with van der Waals surface area (Å²) in [5, 5.41) is 3.42. The Balaban J connectivity index is 0.00000220. The standard InChI is InChI=1S/C15H20ClFN2O.ClH/c1-18-8-7-15(20)19-9-3-4-11(19)10-12-13(16)5-2-6-14(12)17;/h2,5-6,11,18H,3-4,7-10H2,1H3;1H. The smallest absolute Gasteiger partial charge is 0.224 e. The normalized spacial score (nSPS) is 17.7. The quantitative estimate of drug-likeness (QED) is 0.897. The third kappa shape index (κ3) is 4.56. The van der Waals surface area contributed by atoms with E-state index in [1.165, 1.54) is 6.07 Å². The second-order valence-electron chi connectivity index (χ2n) is 5.14. The van der Waals surface area contributed by atoms with Crippen LogP contribution in [0.5, 0.6) is 0 Å². The lowest BCUT2D eigenvalue weighted by Gasteiger charge is -2.25. The van der Waals surface area contributed by atoms with E-state index in [9.17, 15) is 9.18 Å². The lowest BCUT2D eigenvalue weighted by Crippen LogP contribution is -2.38. The molecule has 1 heterocycles. The highest BCUT2D eigenvalue weighted by Crippen LogP contribution is 2.27. The van der Waals surface area contributed by atoms with Gasteiger partial charge in [-0.05, 0) is 38.4 Å². The van der Waals surface area contributed by atoms with E-state index in [1.807, 2.05) is 11.9 Å². The zero-order valence-electron chi connectivity index (χ0n) is 12.1. The summed E-state index contributed by atoms with van der Waals surface area (Å²) in [5.41, 5.74) is 0.521. The molecule has 118 valence electrons. The molecule has 1 aromatic rings. The average Bonchev–Trinajstić information content (AvgIpc) is 2.88. The van der Waals surface area contributed by atoms with Gasteiger partial charge in [0.2, 0.25) is 5.91 Å². The predicted octanol–water partition coefficient (Wildman–Crippen LogP) is 3.04. The summed E-state index contributed by atoms with van der Waals surface area (Å²) in [6.45, 7) is 1.43. The highest BCUT2D eigenvalue weighted by atomic mass is 35.5. The molecule has 1 aliphatic rings. The summed E-state index contributed by atoms with van der Waals surface area (Å²) in [6, 6.07) is 4.78. The van der Waals surface area contributed by atoms with Gasteiger partial charge in [-0.3, -0.25) is 4.79 Å². The average molecular weight is 335 g/mol. The molecule has 0 aliphatic carbocycles. The number of likely N-dealkylation sites (tertiary alicyclic amines) is 1. The van der Waals surface area contributed by atoms with E-state index in [1.54, 1.807) is 12.1 Å². The fourth-order valence-corrected chi connectivity index (χ4v) is 2.95. The molecule has 3 nitrogen and oxygen atoms in total.